The van der Waals surface area contributed by atoms with Crippen molar-refractivity contribution in [1.82, 2.24) is 10.2 Å². The number of thiophene rings is 1. The Morgan fingerprint density at radius 3 is 2.77 bits per heavy atom. The normalized spacial score (nSPS) is 10.7. The van der Waals surface area contributed by atoms with Crippen LogP contribution in [0.25, 0.3) is 0 Å². The number of carbonyl (C=O) groups is 1. The monoisotopic (exact) mass is 371 g/mol. The molecular weight excluding hydrogens is 350 g/mol. The van der Waals surface area contributed by atoms with Crippen molar-refractivity contribution in [2.24, 2.45) is 0 Å². The first-order valence-corrected chi connectivity index (χ1v) is 9.51. The number of unbranched alkanes of at least 4 members (excludes halogenated alkanes) is 2. The number of aromatic nitrogens is 2. The number of benzene rings is 1. The summed E-state index contributed by atoms with van der Waals surface area (Å²) in [5, 5.41) is 12.4. The minimum atomic E-state index is -0.297. The van der Waals surface area contributed by atoms with Gasteiger partial charge in [-0.15, -0.1) is 16.4 Å². The number of ether oxygens (including phenoxy) is 1. The quantitative estimate of drug-likeness (QED) is 0.559. The van der Waals surface area contributed by atoms with Crippen LogP contribution in [-0.2, 0) is 6.42 Å². The first-order valence-electron chi connectivity index (χ1n) is 8.63. The molecule has 0 aliphatic carbocycles. The molecule has 0 aliphatic rings. The molecule has 1 amide bonds. The van der Waals surface area contributed by atoms with E-state index in [9.17, 15) is 4.79 Å². The number of nitrogens with zero attached hydrogens (tertiary/aromatic N) is 2. The van der Waals surface area contributed by atoms with Crippen molar-refractivity contribution in [3.05, 3.63) is 58.1 Å². The number of amides is 1. The number of hydrogen-bond acceptors (Lipinski definition) is 6. The second-order valence-corrected chi connectivity index (χ2v) is 6.82. The molecular formula is C19H21N3O3S. The smallest absolute Gasteiger partial charge is 0.322 e. The van der Waals surface area contributed by atoms with Crippen LogP contribution in [-0.4, -0.2) is 22.7 Å². The summed E-state index contributed by atoms with van der Waals surface area (Å²) in [6.07, 6.45) is 3.90. The zero-order valence-corrected chi connectivity index (χ0v) is 15.4. The largest absolute Gasteiger partial charge is 0.494 e. The lowest BCUT2D eigenvalue weighted by atomic mass is 10.2. The van der Waals surface area contributed by atoms with E-state index in [1.807, 2.05) is 17.5 Å². The molecule has 0 saturated carbocycles. The minimum absolute atomic E-state index is 0.0986. The summed E-state index contributed by atoms with van der Waals surface area (Å²) in [6.45, 7) is 2.84. The third-order valence-electron chi connectivity index (χ3n) is 3.73. The highest BCUT2D eigenvalue weighted by atomic mass is 32.1. The van der Waals surface area contributed by atoms with Crippen molar-refractivity contribution >= 4 is 23.3 Å². The van der Waals surface area contributed by atoms with E-state index in [1.165, 1.54) is 0 Å². The second-order valence-electron chi connectivity index (χ2n) is 5.79. The Morgan fingerprint density at radius 2 is 2.04 bits per heavy atom. The van der Waals surface area contributed by atoms with E-state index in [4.69, 9.17) is 9.15 Å². The highest BCUT2D eigenvalue weighted by molar-refractivity contribution is 7.09. The van der Waals surface area contributed by atoms with Gasteiger partial charge in [0, 0.05) is 10.4 Å². The van der Waals surface area contributed by atoms with Gasteiger partial charge in [0.25, 0.3) is 5.91 Å². The Hall–Kier alpha value is -2.67. The summed E-state index contributed by atoms with van der Waals surface area (Å²) >= 11 is 1.62. The van der Waals surface area contributed by atoms with E-state index in [0.717, 1.165) is 29.9 Å². The molecule has 3 rings (SSSR count). The molecule has 0 unspecified atom stereocenters. The molecule has 6 nitrogen and oxygen atoms in total. The lowest BCUT2D eigenvalue weighted by Crippen LogP contribution is -2.12. The third-order valence-corrected chi connectivity index (χ3v) is 4.60. The lowest BCUT2D eigenvalue weighted by molar-refractivity contribution is 0.102. The molecule has 2 aromatic heterocycles. The Kier molecular flexibility index (Phi) is 6.38. The molecule has 0 atom stereocenters. The van der Waals surface area contributed by atoms with Crippen LogP contribution in [0.4, 0.5) is 6.01 Å². The summed E-state index contributed by atoms with van der Waals surface area (Å²) in [4.78, 5) is 13.4. The maximum absolute atomic E-state index is 12.3. The Labute approximate surface area is 156 Å². The topological polar surface area (TPSA) is 77.2 Å². The van der Waals surface area contributed by atoms with Gasteiger partial charge in [0.1, 0.15) is 5.75 Å². The molecule has 0 spiro atoms. The summed E-state index contributed by atoms with van der Waals surface area (Å²) < 4.78 is 11.1. The van der Waals surface area contributed by atoms with Crippen molar-refractivity contribution in [3.8, 4) is 5.75 Å². The summed E-state index contributed by atoms with van der Waals surface area (Å²) in [6, 6.07) is 11.1. The Morgan fingerprint density at radius 1 is 1.19 bits per heavy atom. The van der Waals surface area contributed by atoms with Gasteiger partial charge in [0.05, 0.1) is 13.0 Å². The number of anilines is 1. The van der Waals surface area contributed by atoms with Gasteiger partial charge in [-0.1, -0.05) is 30.9 Å². The van der Waals surface area contributed by atoms with Crippen LogP contribution in [0.2, 0.25) is 0 Å². The van der Waals surface area contributed by atoms with E-state index < -0.39 is 0 Å². The average molecular weight is 371 g/mol. The van der Waals surface area contributed by atoms with E-state index >= 15 is 0 Å². The Balaban J connectivity index is 1.52. The van der Waals surface area contributed by atoms with Crippen molar-refractivity contribution in [2.45, 2.75) is 32.6 Å². The van der Waals surface area contributed by atoms with Crippen LogP contribution in [0.1, 0.15) is 47.3 Å². The molecule has 0 aliphatic heterocycles. The highest BCUT2D eigenvalue weighted by Crippen LogP contribution is 2.17. The second kappa shape index (κ2) is 9.15. The fourth-order valence-corrected chi connectivity index (χ4v) is 3.05. The first kappa shape index (κ1) is 18.1. The third kappa shape index (κ3) is 5.16. The summed E-state index contributed by atoms with van der Waals surface area (Å²) in [7, 11) is 0. The van der Waals surface area contributed by atoms with E-state index in [-0.39, 0.29) is 11.9 Å². The Bertz CT molecular complexity index is 813. The number of hydrogen-bond donors (Lipinski definition) is 1. The maximum Gasteiger partial charge on any atom is 0.322 e. The number of carbonyl (C=O) groups excluding carboxylic acids is 1. The molecule has 3 aromatic rings. The minimum Gasteiger partial charge on any atom is -0.494 e. The van der Waals surface area contributed by atoms with Crippen LogP contribution in [0, 0.1) is 0 Å². The molecule has 2 heterocycles. The molecule has 0 saturated heterocycles. The van der Waals surface area contributed by atoms with Crippen LogP contribution in [0.15, 0.2) is 46.2 Å². The van der Waals surface area contributed by atoms with Crippen LogP contribution >= 0.6 is 11.3 Å². The summed E-state index contributed by atoms with van der Waals surface area (Å²) in [5.41, 5.74) is 0.504. The standard InChI is InChI=1S/C19H21N3O3S/c1-2-3-4-11-24-15-9-7-14(8-10-15)18(23)20-19-22-21-17(25-19)13-16-6-5-12-26-16/h5-10,12H,2-4,11,13H2,1H3,(H,20,22,23). The molecule has 0 fully saturated rings. The zero-order valence-electron chi connectivity index (χ0n) is 14.6. The van der Waals surface area contributed by atoms with Crippen molar-refractivity contribution in [3.63, 3.8) is 0 Å². The SMILES string of the molecule is CCCCCOc1ccc(C(=O)Nc2nnc(Cc3cccs3)o2)cc1. The van der Waals surface area contributed by atoms with Gasteiger partial charge in [0.15, 0.2) is 0 Å². The van der Waals surface area contributed by atoms with Crippen molar-refractivity contribution < 1.29 is 13.9 Å². The number of rotatable bonds is 9. The highest BCUT2D eigenvalue weighted by Gasteiger charge is 2.12. The summed E-state index contributed by atoms with van der Waals surface area (Å²) in [5.74, 6) is 0.932. The van der Waals surface area contributed by atoms with E-state index in [1.54, 1.807) is 35.6 Å². The molecule has 26 heavy (non-hydrogen) atoms. The maximum atomic E-state index is 12.3. The van der Waals surface area contributed by atoms with Crippen LogP contribution in [0.5, 0.6) is 5.75 Å². The van der Waals surface area contributed by atoms with Gasteiger partial charge in [-0.25, -0.2) is 0 Å². The van der Waals surface area contributed by atoms with Crippen LogP contribution in [0.3, 0.4) is 0 Å². The van der Waals surface area contributed by atoms with Gasteiger partial charge in [-0.2, -0.15) is 0 Å². The fraction of sp³-hybridized carbons (Fsp3) is 0.316. The lowest BCUT2D eigenvalue weighted by Gasteiger charge is -2.06. The molecule has 7 heteroatoms. The van der Waals surface area contributed by atoms with E-state index in [0.29, 0.717) is 24.5 Å². The molecule has 136 valence electrons. The molecule has 0 radical (unpaired) electrons. The molecule has 0 bridgehead atoms. The van der Waals surface area contributed by atoms with Gasteiger partial charge in [-0.3, -0.25) is 10.1 Å². The zero-order chi connectivity index (χ0) is 18.2. The van der Waals surface area contributed by atoms with Crippen molar-refractivity contribution in [1.29, 1.82) is 0 Å². The predicted octanol–water partition coefficient (Wildman–Crippen LogP) is 4.54. The molecule has 1 aromatic carbocycles. The van der Waals surface area contributed by atoms with Gasteiger partial charge in [-0.05, 0) is 42.1 Å². The van der Waals surface area contributed by atoms with Crippen molar-refractivity contribution in [2.75, 3.05) is 11.9 Å². The first-order chi connectivity index (χ1) is 12.7. The fourth-order valence-electron chi connectivity index (χ4n) is 2.35. The van der Waals surface area contributed by atoms with E-state index in [2.05, 4.69) is 22.4 Å². The number of nitrogens with one attached hydrogen (secondary N) is 1. The van der Waals surface area contributed by atoms with Crippen LogP contribution < -0.4 is 10.1 Å². The van der Waals surface area contributed by atoms with Gasteiger partial charge < -0.3 is 9.15 Å². The predicted molar refractivity (Wildman–Crippen MR) is 101 cm³/mol. The molecule has 1 N–H and O–H groups in total. The average Bonchev–Trinajstić information content (AvgIpc) is 3.32. The van der Waals surface area contributed by atoms with Gasteiger partial charge >= 0.3 is 6.01 Å². The van der Waals surface area contributed by atoms with Gasteiger partial charge in [0.2, 0.25) is 5.89 Å².